The number of carbonyl (C=O) groups is 2. The summed E-state index contributed by atoms with van der Waals surface area (Å²) >= 11 is 37.4. The molecule has 0 aliphatic carbocycles. The first kappa shape index (κ1) is 28.7. The Balaban J connectivity index is 1.88. The van der Waals surface area contributed by atoms with Crippen molar-refractivity contribution >= 4 is 98.5 Å². The highest BCUT2D eigenvalue weighted by Crippen LogP contribution is 2.42. The average Bonchev–Trinajstić information content (AvgIpc) is 2.79. The molecule has 0 heterocycles. The van der Waals surface area contributed by atoms with E-state index >= 15 is 0 Å². The van der Waals surface area contributed by atoms with E-state index in [4.69, 9.17) is 69.6 Å². The summed E-state index contributed by atoms with van der Waals surface area (Å²) in [6.45, 7) is 3.35. The van der Waals surface area contributed by atoms with Crippen LogP contribution in [0, 0.1) is 6.92 Å². The molecule has 1 unspecified atom stereocenters. The van der Waals surface area contributed by atoms with Crippen molar-refractivity contribution in [3.63, 3.8) is 0 Å². The number of hydrogen-bond acceptors (Lipinski definition) is 3. The second-order valence-corrected chi connectivity index (χ2v) is 11.5. The number of benzene rings is 3. The lowest BCUT2D eigenvalue weighted by Gasteiger charge is -2.26. The predicted octanol–water partition coefficient (Wildman–Crippen LogP) is 8.82. The molecular formula is C25H21Cl6N3O2. The average molecular weight is 608 g/mol. The molecule has 2 amide bonds. The highest BCUT2D eigenvalue weighted by atomic mass is 35.5. The minimum Gasteiger partial charge on any atom is -0.388 e. The molecule has 0 spiro atoms. The number of halogens is 6. The second-order valence-electron chi connectivity index (χ2n) is 8.11. The zero-order valence-electron chi connectivity index (χ0n) is 19.3. The van der Waals surface area contributed by atoms with E-state index in [-0.39, 0.29) is 25.7 Å². The van der Waals surface area contributed by atoms with Gasteiger partial charge in [0.05, 0.1) is 31.6 Å². The van der Waals surface area contributed by atoms with Crippen LogP contribution in [0.1, 0.15) is 34.3 Å². The summed E-state index contributed by atoms with van der Waals surface area (Å²) in [5.41, 5.74) is 3.25. The summed E-state index contributed by atoms with van der Waals surface area (Å²) < 4.78 is -1.53. The lowest BCUT2D eigenvalue weighted by Crippen LogP contribution is -2.32. The molecule has 0 fully saturated rings. The van der Waals surface area contributed by atoms with Crippen LogP contribution in [0.3, 0.4) is 0 Å². The van der Waals surface area contributed by atoms with Crippen LogP contribution < -0.4 is 16.0 Å². The van der Waals surface area contributed by atoms with Gasteiger partial charge in [0.15, 0.2) is 0 Å². The number of carbonyl (C=O) groups excluding carboxylic acids is 2. The number of rotatable bonds is 7. The number of amides is 2. The summed E-state index contributed by atoms with van der Waals surface area (Å²) in [4.78, 5) is 26.3. The largest absolute Gasteiger partial charge is 0.388 e. The normalized spacial score (nSPS) is 12.1. The van der Waals surface area contributed by atoms with E-state index < -0.39 is 22.1 Å². The number of nitrogens with one attached hydrogen (secondary N) is 3. The van der Waals surface area contributed by atoms with Crippen molar-refractivity contribution in [2.24, 2.45) is 0 Å². The van der Waals surface area contributed by atoms with Gasteiger partial charge in [0, 0.05) is 24.1 Å². The summed E-state index contributed by atoms with van der Waals surface area (Å²) in [7, 11) is 1.81. The predicted molar refractivity (Wildman–Crippen MR) is 153 cm³/mol. The number of alkyl halides is 2. The number of aryl methyl sites for hydroxylation is 1. The number of anilines is 3. The molecule has 3 rings (SSSR count). The van der Waals surface area contributed by atoms with Crippen molar-refractivity contribution in [3.05, 3.63) is 85.3 Å². The molecule has 11 heteroatoms. The minimum absolute atomic E-state index is 0.149. The van der Waals surface area contributed by atoms with Crippen molar-refractivity contribution < 1.29 is 9.59 Å². The maximum absolute atomic E-state index is 13.3. The van der Waals surface area contributed by atoms with E-state index in [1.54, 1.807) is 12.1 Å². The summed E-state index contributed by atoms with van der Waals surface area (Å²) in [6.07, 6.45) is 0. The molecular weight excluding hydrogens is 587 g/mol. The molecule has 36 heavy (non-hydrogen) atoms. The monoisotopic (exact) mass is 605 g/mol. The van der Waals surface area contributed by atoms with E-state index in [2.05, 4.69) is 16.0 Å². The lowest BCUT2D eigenvalue weighted by atomic mass is 9.94. The van der Waals surface area contributed by atoms with Crippen LogP contribution in [-0.2, 0) is 4.79 Å². The Bertz CT molecular complexity index is 1300. The SMILES string of the molecule is CNc1ccc(NC(=O)c2cc(NC(=O)C(c3cc(Cl)c(Cl)c(Cl)c3)C(C)(Cl)Cl)ccc2Cl)c(C)c1. The van der Waals surface area contributed by atoms with E-state index in [0.717, 1.165) is 11.3 Å². The Morgan fingerprint density at radius 1 is 0.833 bits per heavy atom. The molecule has 1 atom stereocenters. The Morgan fingerprint density at radius 3 is 2.00 bits per heavy atom. The molecule has 0 radical (unpaired) electrons. The van der Waals surface area contributed by atoms with Gasteiger partial charge in [-0.15, -0.1) is 23.2 Å². The lowest BCUT2D eigenvalue weighted by molar-refractivity contribution is -0.117. The maximum Gasteiger partial charge on any atom is 0.257 e. The first-order chi connectivity index (χ1) is 16.8. The van der Waals surface area contributed by atoms with Crippen LogP contribution in [0.5, 0.6) is 0 Å². The third kappa shape index (κ3) is 6.71. The zero-order valence-corrected chi connectivity index (χ0v) is 23.8. The molecule has 0 saturated heterocycles. The van der Waals surface area contributed by atoms with E-state index in [1.165, 1.54) is 31.2 Å². The third-order valence-electron chi connectivity index (χ3n) is 5.35. The molecule has 0 aliphatic heterocycles. The molecule has 5 nitrogen and oxygen atoms in total. The quantitative estimate of drug-likeness (QED) is 0.186. The van der Waals surface area contributed by atoms with Gasteiger partial charge in [-0.25, -0.2) is 0 Å². The summed E-state index contributed by atoms with van der Waals surface area (Å²) in [6, 6.07) is 13.0. The standard InChI is InChI=1S/C25H21Cl6N3O2/c1-12-8-14(32-3)5-7-20(12)34-23(35)16-11-15(4-6-17(16)26)33-24(36)21(25(2,30)31)13-9-18(27)22(29)19(28)10-13/h4-11,21,32H,1-3H3,(H,33,36)(H,34,35). The van der Waals surface area contributed by atoms with Crippen LogP contribution in [0.25, 0.3) is 0 Å². The summed E-state index contributed by atoms with van der Waals surface area (Å²) in [5.74, 6) is -2.07. The van der Waals surface area contributed by atoms with E-state index in [9.17, 15) is 9.59 Å². The smallest absolute Gasteiger partial charge is 0.257 e. The number of hydrogen-bond donors (Lipinski definition) is 3. The van der Waals surface area contributed by atoms with Gasteiger partial charge in [-0.2, -0.15) is 0 Å². The second kappa shape index (κ2) is 11.7. The fourth-order valence-electron chi connectivity index (χ4n) is 3.56. The van der Waals surface area contributed by atoms with Crippen LogP contribution in [-0.4, -0.2) is 23.2 Å². The van der Waals surface area contributed by atoms with Crippen LogP contribution in [0.2, 0.25) is 20.1 Å². The van der Waals surface area contributed by atoms with Crippen molar-refractivity contribution in [1.29, 1.82) is 0 Å². The molecule has 3 aromatic rings. The highest BCUT2D eigenvalue weighted by molar-refractivity contribution is 6.50. The van der Waals surface area contributed by atoms with Crippen molar-refractivity contribution in [2.75, 3.05) is 23.0 Å². The molecule has 190 valence electrons. The first-order valence-electron chi connectivity index (χ1n) is 10.5. The van der Waals surface area contributed by atoms with Crippen LogP contribution >= 0.6 is 69.6 Å². The van der Waals surface area contributed by atoms with Gasteiger partial charge in [0.1, 0.15) is 4.33 Å². The first-order valence-corrected chi connectivity index (χ1v) is 12.8. The maximum atomic E-state index is 13.3. The van der Waals surface area contributed by atoms with Gasteiger partial charge in [-0.1, -0.05) is 46.4 Å². The van der Waals surface area contributed by atoms with Crippen LogP contribution in [0.15, 0.2) is 48.5 Å². The summed E-state index contributed by atoms with van der Waals surface area (Å²) in [5, 5.41) is 9.28. The Morgan fingerprint density at radius 2 is 1.44 bits per heavy atom. The van der Waals surface area contributed by atoms with Gasteiger partial charge >= 0.3 is 0 Å². The molecule has 0 aliphatic rings. The minimum atomic E-state index is -1.53. The fourth-order valence-corrected chi connectivity index (χ4v) is 4.82. The topological polar surface area (TPSA) is 70.2 Å². The Labute approximate surface area is 239 Å². The molecule has 3 N–H and O–H groups in total. The van der Waals surface area contributed by atoms with Gasteiger partial charge in [-0.3, -0.25) is 9.59 Å². The van der Waals surface area contributed by atoms with E-state index in [1.807, 2.05) is 26.1 Å². The Kier molecular flexibility index (Phi) is 9.31. The molecule has 3 aromatic carbocycles. The van der Waals surface area contributed by atoms with Gasteiger partial charge in [0.2, 0.25) is 5.91 Å². The third-order valence-corrected chi connectivity index (χ3v) is 7.31. The highest BCUT2D eigenvalue weighted by Gasteiger charge is 2.38. The van der Waals surface area contributed by atoms with Crippen molar-refractivity contribution in [1.82, 2.24) is 0 Å². The molecule has 0 saturated carbocycles. The molecule has 0 aromatic heterocycles. The molecule has 0 bridgehead atoms. The van der Waals surface area contributed by atoms with Crippen LogP contribution in [0.4, 0.5) is 17.1 Å². The van der Waals surface area contributed by atoms with Gasteiger partial charge in [-0.05, 0) is 73.5 Å². The van der Waals surface area contributed by atoms with E-state index in [0.29, 0.717) is 16.9 Å². The fraction of sp³-hybridized carbons (Fsp3) is 0.200. The Hall–Kier alpha value is -1.86. The van der Waals surface area contributed by atoms with Gasteiger partial charge in [0.25, 0.3) is 5.91 Å². The van der Waals surface area contributed by atoms with Crippen molar-refractivity contribution in [3.8, 4) is 0 Å². The van der Waals surface area contributed by atoms with Crippen molar-refractivity contribution in [2.45, 2.75) is 24.1 Å². The zero-order chi connectivity index (χ0) is 26.8. The van der Waals surface area contributed by atoms with Gasteiger partial charge < -0.3 is 16.0 Å².